The molecule has 1 spiro atoms. The molecule has 2 fully saturated rings. The Morgan fingerprint density at radius 2 is 1.76 bits per heavy atom. The van der Waals surface area contributed by atoms with Crippen LogP contribution in [-0.4, -0.2) is 6.10 Å². The van der Waals surface area contributed by atoms with Crippen molar-refractivity contribution in [3.05, 3.63) is 35.4 Å². The molecule has 0 radical (unpaired) electrons. The number of hydrogen-bond donors (Lipinski definition) is 0. The molecular formula is C20H24O. The zero-order valence-electron chi connectivity index (χ0n) is 13.3. The summed E-state index contributed by atoms with van der Waals surface area (Å²) in [4.78, 5) is 0. The number of ether oxygens (including phenoxy) is 1. The molecule has 110 valence electrons. The van der Waals surface area contributed by atoms with Crippen molar-refractivity contribution in [3.8, 4) is 12.5 Å². The van der Waals surface area contributed by atoms with Crippen molar-refractivity contribution in [2.75, 3.05) is 0 Å². The van der Waals surface area contributed by atoms with Crippen molar-refractivity contribution in [3.63, 3.8) is 0 Å². The van der Waals surface area contributed by atoms with Gasteiger partial charge in [-0.3, -0.25) is 0 Å². The molecule has 4 rings (SSSR count). The molecule has 0 aromatic heterocycles. The maximum atomic E-state index is 5.97. The van der Waals surface area contributed by atoms with Gasteiger partial charge in [0.1, 0.15) is 12.2 Å². The van der Waals surface area contributed by atoms with Gasteiger partial charge in [0, 0.05) is 10.8 Å². The van der Waals surface area contributed by atoms with Crippen LogP contribution in [0.5, 0.6) is 0 Å². The summed E-state index contributed by atoms with van der Waals surface area (Å²) in [6.07, 6.45) is 13.1. The van der Waals surface area contributed by atoms with Gasteiger partial charge in [0.25, 0.3) is 0 Å². The van der Waals surface area contributed by atoms with E-state index in [-0.39, 0.29) is 16.9 Å². The summed E-state index contributed by atoms with van der Waals surface area (Å²) in [5, 5.41) is 0. The molecule has 1 aromatic carbocycles. The highest BCUT2D eigenvalue weighted by Crippen LogP contribution is 2.75. The summed E-state index contributed by atoms with van der Waals surface area (Å²) in [5.74, 6) is 0.709. The van der Waals surface area contributed by atoms with Gasteiger partial charge >= 0.3 is 0 Å². The summed E-state index contributed by atoms with van der Waals surface area (Å²) in [6, 6.07) is 8.90. The molecule has 0 aliphatic heterocycles. The van der Waals surface area contributed by atoms with Crippen molar-refractivity contribution in [1.29, 1.82) is 0 Å². The molecule has 2 saturated carbocycles. The largest absolute Gasteiger partial charge is 0.442 e. The first-order valence-electron chi connectivity index (χ1n) is 8.14. The number of fused-ring (bicyclic) bond motifs is 4. The quantitative estimate of drug-likeness (QED) is 0.700. The summed E-state index contributed by atoms with van der Waals surface area (Å²) >= 11 is 0. The molecule has 21 heavy (non-hydrogen) atoms. The third-order valence-corrected chi connectivity index (χ3v) is 7.43. The second-order valence-corrected chi connectivity index (χ2v) is 8.20. The lowest BCUT2D eigenvalue weighted by Gasteiger charge is -2.43. The van der Waals surface area contributed by atoms with Crippen LogP contribution in [0.4, 0.5) is 0 Å². The van der Waals surface area contributed by atoms with Gasteiger partial charge in [-0.15, -0.1) is 0 Å². The molecule has 0 amide bonds. The highest BCUT2D eigenvalue weighted by molar-refractivity contribution is 5.39. The molecule has 3 aliphatic carbocycles. The fourth-order valence-electron chi connectivity index (χ4n) is 6.24. The van der Waals surface area contributed by atoms with E-state index in [1.807, 2.05) is 0 Å². The van der Waals surface area contributed by atoms with E-state index in [2.05, 4.69) is 51.1 Å². The lowest BCUT2D eigenvalue weighted by Crippen LogP contribution is -2.46. The second kappa shape index (κ2) is 3.86. The van der Waals surface area contributed by atoms with E-state index in [1.165, 1.54) is 24.0 Å². The molecule has 3 aliphatic rings. The summed E-state index contributed by atoms with van der Waals surface area (Å²) in [7, 11) is 0. The Balaban J connectivity index is 1.85. The zero-order chi connectivity index (χ0) is 14.9. The number of rotatable bonds is 1. The third-order valence-electron chi connectivity index (χ3n) is 7.43. The lowest BCUT2D eigenvalue weighted by atomic mass is 9.66. The van der Waals surface area contributed by atoms with Gasteiger partial charge in [0.2, 0.25) is 0 Å². The minimum Gasteiger partial charge on any atom is -0.442 e. The van der Waals surface area contributed by atoms with Gasteiger partial charge in [-0.2, -0.15) is 0 Å². The van der Waals surface area contributed by atoms with Crippen LogP contribution in [0.2, 0.25) is 0 Å². The van der Waals surface area contributed by atoms with E-state index in [0.717, 1.165) is 12.8 Å². The number of benzene rings is 1. The third kappa shape index (κ3) is 1.35. The molecule has 1 nitrogen and oxygen atoms in total. The standard InChI is InChI=1S/C20H24O/c1-5-21-17-19(4)11-10-16(18(19,2)3)20(17)12-14-8-6-7-9-15(14)13-20/h1,6-9,16-17H,10-13H2,2-4H3/t16-,17-,19-/m0/s1. The topological polar surface area (TPSA) is 9.23 Å². The van der Waals surface area contributed by atoms with Gasteiger partial charge in [0.05, 0.1) is 0 Å². The van der Waals surface area contributed by atoms with Gasteiger partial charge in [-0.1, -0.05) is 51.5 Å². The monoisotopic (exact) mass is 280 g/mol. The van der Waals surface area contributed by atoms with Crippen molar-refractivity contribution in [1.82, 2.24) is 0 Å². The average molecular weight is 280 g/mol. The highest BCUT2D eigenvalue weighted by Gasteiger charge is 2.74. The van der Waals surface area contributed by atoms with Crippen LogP contribution < -0.4 is 0 Å². The highest BCUT2D eigenvalue weighted by atomic mass is 16.5. The fraction of sp³-hybridized carbons (Fsp3) is 0.600. The number of hydrogen-bond acceptors (Lipinski definition) is 1. The summed E-state index contributed by atoms with van der Waals surface area (Å²) in [6.45, 7) is 7.29. The van der Waals surface area contributed by atoms with Gasteiger partial charge < -0.3 is 4.74 Å². The summed E-state index contributed by atoms with van der Waals surface area (Å²) < 4.78 is 5.97. The molecule has 0 heterocycles. The minimum atomic E-state index is 0.191. The lowest BCUT2D eigenvalue weighted by molar-refractivity contribution is -0.0537. The van der Waals surface area contributed by atoms with Crippen LogP contribution in [-0.2, 0) is 17.6 Å². The zero-order valence-corrected chi connectivity index (χ0v) is 13.3. The van der Waals surface area contributed by atoms with Crippen molar-refractivity contribution < 1.29 is 4.74 Å². The predicted octanol–water partition coefficient (Wildman–Crippen LogP) is 4.20. The number of terminal acetylenes is 1. The van der Waals surface area contributed by atoms with Crippen LogP contribution in [0.25, 0.3) is 0 Å². The molecule has 0 unspecified atom stereocenters. The first-order valence-corrected chi connectivity index (χ1v) is 8.14. The Labute approximate surface area is 128 Å². The Hall–Kier alpha value is -1.42. The molecule has 1 aromatic rings. The van der Waals surface area contributed by atoms with Crippen molar-refractivity contribution in [2.24, 2.45) is 22.2 Å². The predicted molar refractivity (Wildman–Crippen MR) is 84.6 cm³/mol. The Bertz CT molecular complexity index is 610. The molecule has 0 saturated heterocycles. The minimum absolute atomic E-state index is 0.191. The van der Waals surface area contributed by atoms with Gasteiger partial charge in [-0.25, -0.2) is 0 Å². The smallest absolute Gasteiger partial charge is 0.123 e. The molecule has 1 heteroatoms. The van der Waals surface area contributed by atoms with Crippen molar-refractivity contribution >= 4 is 0 Å². The van der Waals surface area contributed by atoms with E-state index in [1.54, 1.807) is 0 Å². The maximum absolute atomic E-state index is 5.97. The Morgan fingerprint density at radius 3 is 2.33 bits per heavy atom. The van der Waals surface area contributed by atoms with Gasteiger partial charge in [0.15, 0.2) is 0 Å². The van der Waals surface area contributed by atoms with Crippen LogP contribution in [0.1, 0.15) is 44.7 Å². The fourth-order valence-corrected chi connectivity index (χ4v) is 6.24. The SMILES string of the molecule is C#CO[C@@H]1C2(Cc3ccccc3C2)[C@H]2CC[C@]1(C)C2(C)C. The van der Waals surface area contributed by atoms with Crippen molar-refractivity contribution in [2.45, 2.75) is 52.6 Å². The molecular weight excluding hydrogens is 256 g/mol. The average Bonchev–Trinajstić information content (AvgIpc) is 2.96. The Kier molecular flexibility index (Phi) is 2.44. The first-order chi connectivity index (χ1) is 9.96. The molecule has 0 N–H and O–H groups in total. The van der Waals surface area contributed by atoms with E-state index in [9.17, 15) is 0 Å². The van der Waals surface area contributed by atoms with Crippen LogP contribution in [0.3, 0.4) is 0 Å². The maximum Gasteiger partial charge on any atom is 0.123 e. The second-order valence-electron chi connectivity index (χ2n) is 8.20. The van der Waals surface area contributed by atoms with E-state index < -0.39 is 0 Å². The molecule has 3 atom stereocenters. The van der Waals surface area contributed by atoms with Gasteiger partial charge in [-0.05, 0) is 48.1 Å². The van der Waals surface area contributed by atoms with Crippen LogP contribution >= 0.6 is 0 Å². The van der Waals surface area contributed by atoms with E-state index in [4.69, 9.17) is 11.2 Å². The summed E-state index contributed by atoms with van der Waals surface area (Å²) in [5.41, 5.74) is 3.74. The van der Waals surface area contributed by atoms with Crippen LogP contribution in [0, 0.1) is 34.7 Å². The first kappa shape index (κ1) is 13.3. The normalized spacial score (nSPS) is 37.4. The molecule has 2 bridgehead atoms. The Morgan fingerprint density at radius 1 is 1.14 bits per heavy atom. The van der Waals surface area contributed by atoms with Crippen LogP contribution in [0.15, 0.2) is 24.3 Å². The van der Waals surface area contributed by atoms with E-state index in [0.29, 0.717) is 11.3 Å². The van der Waals surface area contributed by atoms with E-state index >= 15 is 0 Å².